The van der Waals surface area contributed by atoms with Gasteiger partial charge in [0.05, 0.1) is 5.92 Å². The van der Waals surface area contributed by atoms with Gasteiger partial charge in [-0.15, -0.1) is 11.3 Å². The fraction of sp³-hybridized carbons (Fsp3) is 0.600. The van der Waals surface area contributed by atoms with Crippen LogP contribution in [0.15, 0.2) is 11.6 Å². The second-order valence-electron chi connectivity index (χ2n) is 3.72. The second-order valence-corrected chi connectivity index (χ2v) is 4.59. The van der Waals surface area contributed by atoms with Crippen molar-refractivity contribution in [2.45, 2.75) is 25.8 Å². The van der Waals surface area contributed by atoms with Crippen molar-refractivity contribution in [2.24, 2.45) is 5.92 Å². The lowest BCUT2D eigenvalue weighted by atomic mass is 9.99. The summed E-state index contributed by atoms with van der Waals surface area (Å²) in [5, 5.41) is 12.0. The van der Waals surface area contributed by atoms with Crippen molar-refractivity contribution in [3.8, 4) is 0 Å². The number of thiazole rings is 1. The monoisotopic (exact) mass is 226 g/mol. The van der Waals surface area contributed by atoms with E-state index in [-0.39, 0.29) is 12.0 Å². The van der Waals surface area contributed by atoms with E-state index in [0.717, 1.165) is 24.5 Å². The zero-order valence-corrected chi connectivity index (χ0v) is 9.41. The molecule has 2 atom stereocenters. The highest BCUT2D eigenvalue weighted by Crippen LogP contribution is 2.32. The van der Waals surface area contributed by atoms with Gasteiger partial charge < -0.3 is 10.0 Å². The van der Waals surface area contributed by atoms with E-state index in [0.29, 0.717) is 0 Å². The predicted molar refractivity (Wildman–Crippen MR) is 59.3 cm³/mol. The van der Waals surface area contributed by atoms with Gasteiger partial charge >= 0.3 is 5.97 Å². The molecular weight excluding hydrogens is 212 g/mol. The molecule has 0 unspecified atom stereocenters. The summed E-state index contributed by atoms with van der Waals surface area (Å²) in [4.78, 5) is 17.4. The number of carboxylic acid groups (broad SMARTS) is 1. The molecule has 1 aliphatic rings. The summed E-state index contributed by atoms with van der Waals surface area (Å²) in [6.07, 6.45) is 3.35. The molecule has 1 aromatic heterocycles. The largest absolute Gasteiger partial charge is 0.481 e. The molecule has 1 N–H and O–H groups in total. The predicted octanol–water partition coefficient (Wildman–Crippen LogP) is 1.83. The van der Waals surface area contributed by atoms with Crippen molar-refractivity contribution >= 4 is 22.4 Å². The quantitative estimate of drug-likeness (QED) is 0.854. The highest BCUT2D eigenvalue weighted by Gasteiger charge is 2.38. The van der Waals surface area contributed by atoms with Gasteiger partial charge in [-0.25, -0.2) is 4.98 Å². The topological polar surface area (TPSA) is 53.4 Å². The zero-order chi connectivity index (χ0) is 10.8. The van der Waals surface area contributed by atoms with Gasteiger partial charge in [0.1, 0.15) is 0 Å². The van der Waals surface area contributed by atoms with Crippen LogP contribution in [0.25, 0.3) is 0 Å². The number of hydrogen-bond donors (Lipinski definition) is 1. The molecule has 1 aliphatic heterocycles. The molecule has 5 heteroatoms. The Bertz CT molecular complexity index is 339. The first-order chi connectivity index (χ1) is 7.24. The second kappa shape index (κ2) is 4.18. The van der Waals surface area contributed by atoms with E-state index in [2.05, 4.69) is 9.88 Å². The minimum absolute atomic E-state index is 0.105. The third-order valence-electron chi connectivity index (χ3n) is 2.95. The number of carbonyl (C=O) groups is 1. The van der Waals surface area contributed by atoms with Crippen molar-refractivity contribution in [2.75, 3.05) is 11.4 Å². The van der Waals surface area contributed by atoms with E-state index in [4.69, 9.17) is 5.11 Å². The standard InChI is InChI=1S/C10H14N2O2S/c1-2-8-7(9(13)14)3-5-12(8)10-11-4-6-15-10/h4,6-8H,2-3,5H2,1H3,(H,13,14)/t7-,8+/m0/s1. The summed E-state index contributed by atoms with van der Waals surface area (Å²) in [5.74, 6) is -0.917. The molecule has 1 aromatic rings. The Balaban J connectivity index is 2.18. The van der Waals surface area contributed by atoms with Crippen LogP contribution in [0.1, 0.15) is 19.8 Å². The van der Waals surface area contributed by atoms with E-state index in [1.165, 1.54) is 0 Å². The summed E-state index contributed by atoms with van der Waals surface area (Å²) in [6, 6.07) is 0.105. The van der Waals surface area contributed by atoms with Crippen LogP contribution in [0.5, 0.6) is 0 Å². The van der Waals surface area contributed by atoms with E-state index >= 15 is 0 Å². The summed E-state index contributed by atoms with van der Waals surface area (Å²) >= 11 is 1.57. The number of aromatic nitrogens is 1. The van der Waals surface area contributed by atoms with Crippen LogP contribution in [0.3, 0.4) is 0 Å². The molecule has 1 saturated heterocycles. The number of carboxylic acids is 1. The third kappa shape index (κ3) is 1.84. The lowest BCUT2D eigenvalue weighted by molar-refractivity contribution is -0.141. The molecule has 1 fully saturated rings. The molecule has 2 rings (SSSR count). The van der Waals surface area contributed by atoms with E-state index in [1.54, 1.807) is 17.5 Å². The van der Waals surface area contributed by atoms with Crippen LogP contribution in [0, 0.1) is 5.92 Å². The molecule has 15 heavy (non-hydrogen) atoms. The highest BCUT2D eigenvalue weighted by molar-refractivity contribution is 7.13. The van der Waals surface area contributed by atoms with Crippen LogP contribution in [-0.2, 0) is 4.79 Å². The van der Waals surface area contributed by atoms with Crippen molar-refractivity contribution in [3.05, 3.63) is 11.6 Å². The van der Waals surface area contributed by atoms with Crippen LogP contribution >= 0.6 is 11.3 Å². The molecule has 4 nitrogen and oxygen atoms in total. The lowest BCUT2D eigenvalue weighted by Crippen LogP contribution is -2.34. The number of hydrogen-bond acceptors (Lipinski definition) is 4. The molecule has 0 radical (unpaired) electrons. The number of aliphatic carboxylic acids is 1. The maximum absolute atomic E-state index is 11.0. The average molecular weight is 226 g/mol. The SMILES string of the molecule is CC[C@@H]1[C@@H](C(=O)O)CCN1c1nccs1. The van der Waals surface area contributed by atoms with Crippen molar-refractivity contribution < 1.29 is 9.90 Å². The van der Waals surface area contributed by atoms with Gasteiger partial charge in [0.25, 0.3) is 0 Å². The molecule has 0 amide bonds. The van der Waals surface area contributed by atoms with Crippen LogP contribution in [-0.4, -0.2) is 28.6 Å². The maximum Gasteiger partial charge on any atom is 0.308 e. The van der Waals surface area contributed by atoms with Crippen LogP contribution in [0.4, 0.5) is 5.13 Å². The highest BCUT2D eigenvalue weighted by atomic mass is 32.1. The van der Waals surface area contributed by atoms with Gasteiger partial charge in [-0.3, -0.25) is 4.79 Å². The minimum atomic E-state index is -0.680. The Hall–Kier alpha value is -1.10. The molecule has 0 spiro atoms. The third-order valence-corrected chi connectivity index (χ3v) is 3.75. The number of rotatable bonds is 3. The molecule has 0 aromatic carbocycles. The van der Waals surface area contributed by atoms with Crippen molar-refractivity contribution in [1.29, 1.82) is 0 Å². The summed E-state index contributed by atoms with van der Waals surface area (Å²) < 4.78 is 0. The fourth-order valence-corrected chi connectivity index (χ4v) is 2.97. The fourth-order valence-electron chi connectivity index (χ4n) is 2.24. The Kier molecular flexibility index (Phi) is 2.90. The Morgan fingerprint density at radius 1 is 1.80 bits per heavy atom. The van der Waals surface area contributed by atoms with Gasteiger partial charge in [0, 0.05) is 24.2 Å². The Morgan fingerprint density at radius 2 is 2.60 bits per heavy atom. The Morgan fingerprint density at radius 3 is 3.13 bits per heavy atom. The average Bonchev–Trinajstić information content (AvgIpc) is 2.85. The lowest BCUT2D eigenvalue weighted by Gasteiger charge is -2.24. The van der Waals surface area contributed by atoms with Gasteiger partial charge in [-0.1, -0.05) is 6.92 Å². The normalized spacial score (nSPS) is 25.8. The first-order valence-corrected chi connectivity index (χ1v) is 6.01. The molecule has 0 bridgehead atoms. The number of anilines is 1. The van der Waals surface area contributed by atoms with E-state index in [1.807, 2.05) is 12.3 Å². The molecular formula is C10H14N2O2S. The first-order valence-electron chi connectivity index (χ1n) is 5.13. The van der Waals surface area contributed by atoms with E-state index in [9.17, 15) is 4.79 Å². The molecule has 82 valence electrons. The zero-order valence-electron chi connectivity index (χ0n) is 8.59. The maximum atomic E-state index is 11.0. The minimum Gasteiger partial charge on any atom is -0.481 e. The van der Waals surface area contributed by atoms with Crippen molar-refractivity contribution in [3.63, 3.8) is 0 Å². The van der Waals surface area contributed by atoms with Crippen molar-refractivity contribution in [1.82, 2.24) is 4.98 Å². The summed E-state index contributed by atoms with van der Waals surface area (Å²) in [5.41, 5.74) is 0. The molecule has 0 aliphatic carbocycles. The summed E-state index contributed by atoms with van der Waals surface area (Å²) in [6.45, 7) is 2.84. The van der Waals surface area contributed by atoms with Gasteiger partial charge in [-0.05, 0) is 12.8 Å². The molecule has 2 heterocycles. The van der Waals surface area contributed by atoms with Gasteiger partial charge in [-0.2, -0.15) is 0 Å². The number of nitrogens with zero attached hydrogens (tertiary/aromatic N) is 2. The molecule has 0 saturated carbocycles. The van der Waals surface area contributed by atoms with E-state index < -0.39 is 5.97 Å². The van der Waals surface area contributed by atoms with Crippen LogP contribution in [0.2, 0.25) is 0 Å². The van der Waals surface area contributed by atoms with Gasteiger partial charge in [0.15, 0.2) is 5.13 Å². The smallest absolute Gasteiger partial charge is 0.308 e. The van der Waals surface area contributed by atoms with Crippen LogP contribution < -0.4 is 4.90 Å². The first kappa shape index (κ1) is 10.4. The Labute approximate surface area is 92.6 Å². The summed E-state index contributed by atoms with van der Waals surface area (Å²) in [7, 11) is 0. The van der Waals surface area contributed by atoms with Gasteiger partial charge in [0.2, 0.25) is 0 Å².